The number of hydrogen-bond donors (Lipinski definition) is 2. The standard InChI is InChI=1S/C24H25N5O6/c1-3-35-24(31)21-15(2)25-18-6-4-5-7-19(18)26-22(21)27-23(30)17-14-16(29(32)33)8-9-20(17)28-10-12-34-13-11-28/h4-9,14,25H,3,10-13H2,1-2H3,(H,26,27,30). The van der Waals surface area contributed by atoms with Gasteiger partial charge in [0.25, 0.3) is 11.6 Å². The van der Waals surface area contributed by atoms with Crippen molar-refractivity contribution in [1.82, 2.24) is 5.32 Å². The molecule has 2 N–H and O–H groups in total. The number of allylic oxidation sites excluding steroid dienone is 1. The smallest absolute Gasteiger partial charge is 0.343 e. The van der Waals surface area contributed by atoms with Gasteiger partial charge in [-0.2, -0.15) is 0 Å². The van der Waals surface area contributed by atoms with Gasteiger partial charge in [0.1, 0.15) is 11.4 Å². The summed E-state index contributed by atoms with van der Waals surface area (Å²) in [6.07, 6.45) is 0. The number of non-ortho nitro benzene ring substituents is 1. The fourth-order valence-electron chi connectivity index (χ4n) is 3.91. The second-order valence-electron chi connectivity index (χ2n) is 7.84. The molecule has 0 unspecified atom stereocenters. The maximum Gasteiger partial charge on any atom is 0.343 e. The minimum Gasteiger partial charge on any atom is -0.462 e. The number of anilines is 2. The molecule has 11 heteroatoms. The molecule has 0 spiro atoms. The third-order valence-electron chi connectivity index (χ3n) is 5.57. The Balaban J connectivity index is 1.77. The van der Waals surface area contributed by atoms with E-state index in [1.807, 2.05) is 11.0 Å². The van der Waals surface area contributed by atoms with E-state index in [4.69, 9.17) is 9.47 Å². The lowest BCUT2D eigenvalue weighted by atomic mass is 10.1. The van der Waals surface area contributed by atoms with Gasteiger partial charge in [0.15, 0.2) is 0 Å². The highest BCUT2D eigenvalue weighted by Gasteiger charge is 2.28. The zero-order chi connectivity index (χ0) is 24.9. The molecule has 0 atom stereocenters. The van der Waals surface area contributed by atoms with E-state index < -0.39 is 16.8 Å². The van der Waals surface area contributed by atoms with Crippen molar-refractivity contribution in [2.24, 2.45) is 4.99 Å². The molecule has 0 bridgehead atoms. The number of aliphatic imine (C=N–C) groups is 1. The molecule has 1 amide bonds. The normalized spacial score (nSPS) is 15.4. The molecule has 11 nitrogen and oxygen atoms in total. The van der Waals surface area contributed by atoms with E-state index in [0.29, 0.717) is 49.1 Å². The Labute approximate surface area is 201 Å². The van der Waals surface area contributed by atoms with Crippen LogP contribution in [0.4, 0.5) is 22.7 Å². The number of rotatable bonds is 5. The number of amidine groups is 1. The Morgan fingerprint density at radius 3 is 2.69 bits per heavy atom. The number of benzene rings is 2. The second-order valence-corrected chi connectivity index (χ2v) is 7.84. The van der Waals surface area contributed by atoms with Gasteiger partial charge in [-0.25, -0.2) is 9.79 Å². The van der Waals surface area contributed by atoms with E-state index in [1.54, 1.807) is 38.1 Å². The highest BCUT2D eigenvalue weighted by molar-refractivity contribution is 6.26. The Bertz CT molecular complexity index is 1230. The summed E-state index contributed by atoms with van der Waals surface area (Å²) in [7, 11) is 0. The molecule has 2 heterocycles. The number of para-hydroxylation sites is 2. The van der Waals surface area contributed by atoms with Gasteiger partial charge >= 0.3 is 5.97 Å². The minimum atomic E-state index is -0.656. The monoisotopic (exact) mass is 479 g/mol. The van der Waals surface area contributed by atoms with Crippen molar-refractivity contribution in [2.45, 2.75) is 13.8 Å². The summed E-state index contributed by atoms with van der Waals surface area (Å²) in [6.45, 7) is 5.51. The number of esters is 1. The van der Waals surface area contributed by atoms with E-state index in [-0.39, 0.29) is 29.3 Å². The molecule has 0 radical (unpaired) electrons. The van der Waals surface area contributed by atoms with Crippen LogP contribution in [0.25, 0.3) is 0 Å². The molecular formula is C24H25N5O6. The molecule has 1 fully saturated rings. The summed E-state index contributed by atoms with van der Waals surface area (Å²) >= 11 is 0. The van der Waals surface area contributed by atoms with Gasteiger partial charge in [-0.1, -0.05) is 12.1 Å². The Hall–Kier alpha value is -4.25. The van der Waals surface area contributed by atoms with Gasteiger partial charge in [-0.05, 0) is 32.0 Å². The molecule has 2 aliphatic rings. The van der Waals surface area contributed by atoms with Crippen LogP contribution in [0, 0.1) is 10.1 Å². The number of morpholine rings is 1. The quantitative estimate of drug-likeness (QED) is 0.379. The number of ether oxygens (including phenoxy) is 2. The van der Waals surface area contributed by atoms with Crippen molar-refractivity contribution in [1.29, 1.82) is 0 Å². The molecule has 0 saturated carbocycles. The van der Waals surface area contributed by atoms with Gasteiger partial charge < -0.3 is 25.0 Å². The lowest BCUT2D eigenvalue weighted by molar-refractivity contribution is -0.384. The number of hydrogen-bond acceptors (Lipinski definition) is 9. The summed E-state index contributed by atoms with van der Waals surface area (Å²) in [6, 6.07) is 11.3. The van der Waals surface area contributed by atoms with Gasteiger partial charge in [0.2, 0.25) is 0 Å². The van der Waals surface area contributed by atoms with Crippen LogP contribution < -0.4 is 15.5 Å². The van der Waals surface area contributed by atoms with Crippen LogP contribution in [0.2, 0.25) is 0 Å². The van der Waals surface area contributed by atoms with Crippen molar-refractivity contribution < 1.29 is 24.0 Å². The van der Waals surface area contributed by atoms with E-state index in [0.717, 1.165) is 0 Å². The average Bonchev–Trinajstić information content (AvgIpc) is 2.99. The molecule has 2 aromatic carbocycles. The summed E-state index contributed by atoms with van der Waals surface area (Å²) in [4.78, 5) is 43.7. The third-order valence-corrected chi connectivity index (χ3v) is 5.57. The predicted octanol–water partition coefficient (Wildman–Crippen LogP) is 3.15. The lowest BCUT2D eigenvalue weighted by Gasteiger charge is -2.30. The average molecular weight is 479 g/mol. The van der Waals surface area contributed by atoms with Gasteiger partial charge in [-0.3, -0.25) is 14.9 Å². The van der Waals surface area contributed by atoms with E-state index >= 15 is 0 Å². The van der Waals surface area contributed by atoms with Crippen LogP contribution in [0.5, 0.6) is 0 Å². The van der Waals surface area contributed by atoms with Crippen molar-refractivity contribution in [3.8, 4) is 0 Å². The van der Waals surface area contributed by atoms with Crippen molar-refractivity contribution in [3.05, 3.63) is 69.4 Å². The first-order valence-electron chi connectivity index (χ1n) is 11.1. The highest BCUT2D eigenvalue weighted by atomic mass is 16.6. The molecule has 0 aromatic heterocycles. The van der Waals surface area contributed by atoms with Crippen molar-refractivity contribution in [2.75, 3.05) is 43.1 Å². The van der Waals surface area contributed by atoms with Gasteiger partial charge in [0, 0.05) is 30.9 Å². The Morgan fingerprint density at radius 2 is 1.97 bits per heavy atom. The first-order chi connectivity index (χ1) is 16.9. The van der Waals surface area contributed by atoms with Gasteiger partial charge in [-0.15, -0.1) is 0 Å². The van der Waals surface area contributed by atoms with Crippen molar-refractivity contribution in [3.63, 3.8) is 0 Å². The van der Waals surface area contributed by atoms with E-state index in [9.17, 15) is 19.7 Å². The summed E-state index contributed by atoms with van der Waals surface area (Å²) < 4.78 is 10.6. The zero-order valence-corrected chi connectivity index (χ0v) is 19.4. The largest absolute Gasteiger partial charge is 0.462 e. The number of nitrogens with zero attached hydrogens (tertiary/aromatic N) is 3. The maximum atomic E-state index is 13.5. The summed E-state index contributed by atoms with van der Waals surface area (Å²) in [5.41, 5.74) is 2.07. The lowest BCUT2D eigenvalue weighted by Crippen LogP contribution is -2.39. The number of amides is 1. The Morgan fingerprint density at radius 1 is 1.23 bits per heavy atom. The number of nitro groups is 1. The Kier molecular flexibility index (Phi) is 7.06. The van der Waals surface area contributed by atoms with E-state index in [1.165, 1.54) is 12.1 Å². The van der Waals surface area contributed by atoms with Crippen LogP contribution in [0.15, 0.2) is 58.7 Å². The predicted molar refractivity (Wildman–Crippen MR) is 130 cm³/mol. The third kappa shape index (κ3) is 5.14. The van der Waals surface area contributed by atoms with Crippen LogP contribution >= 0.6 is 0 Å². The van der Waals surface area contributed by atoms with Gasteiger partial charge in [0.05, 0.1) is 47.4 Å². The number of fused-ring (bicyclic) bond motifs is 1. The molecule has 4 rings (SSSR count). The topological polar surface area (TPSA) is 135 Å². The minimum absolute atomic E-state index is 0.0113. The zero-order valence-electron chi connectivity index (χ0n) is 19.4. The molecule has 1 saturated heterocycles. The molecule has 2 aromatic rings. The fourth-order valence-corrected chi connectivity index (χ4v) is 3.91. The molecular weight excluding hydrogens is 454 g/mol. The highest BCUT2D eigenvalue weighted by Crippen LogP contribution is 2.31. The van der Waals surface area contributed by atoms with E-state index in [2.05, 4.69) is 15.6 Å². The first kappa shape index (κ1) is 23.9. The van der Waals surface area contributed by atoms with Crippen molar-refractivity contribution >= 4 is 40.5 Å². The summed E-state index contributed by atoms with van der Waals surface area (Å²) in [5.74, 6) is -1.30. The molecule has 35 heavy (non-hydrogen) atoms. The summed E-state index contributed by atoms with van der Waals surface area (Å²) in [5, 5.41) is 17.3. The van der Waals surface area contributed by atoms with Crippen LogP contribution in [-0.4, -0.2) is 55.5 Å². The maximum absolute atomic E-state index is 13.5. The SMILES string of the molecule is CCOC(=O)C1=C(C)Nc2ccccc2N=C1NC(=O)c1cc([N+](=O)[O-])ccc1N1CCOCC1. The molecule has 182 valence electrons. The fraction of sp³-hybridized carbons (Fsp3) is 0.292. The first-order valence-corrected chi connectivity index (χ1v) is 11.1. The number of nitro benzene ring substituents is 1. The number of nitrogens with one attached hydrogen (secondary N) is 2. The second kappa shape index (κ2) is 10.3. The van der Waals surface area contributed by atoms with Crippen LogP contribution in [-0.2, 0) is 14.3 Å². The van der Waals surface area contributed by atoms with Crippen LogP contribution in [0.1, 0.15) is 24.2 Å². The number of carbonyl (C=O) groups is 2. The van der Waals surface area contributed by atoms with Crippen LogP contribution in [0.3, 0.4) is 0 Å². The number of carbonyl (C=O) groups excluding carboxylic acids is 2. The molecule has 0 aliphatic carbocycles. The molecule has 2 aliphatic heterocycles.